The SMILES string of the molecule is O=C(Nc1nc2[nH]ccc2c(=O)[nH]1)NC(c1cccc(Cl)c1)C1CCCC1. The van der Waals surface area contributed by atoms with Gasteiger partial charge >= 0.3 is 6.03 Å². The second kappa shape index (κ2) is 7.44. The molecule has 8 heteroatoms. The molecule has 0 aliphatic heterocycles. The van der Waals surface area contributed by atoms with Crippen LogP contribution in [-0.2, 0) is 0 Å². The van der Waals surface area contributed by atoms with E-state index < -0.39 is 6.03 Å². The standard InChI is InChI=1S/C19H20ClN5O2/c20-13-7-3-6-12(10-13)15(11-4-1-2-5-11)22-19(27)25-18-23-16-14(8-9-21-16)17(26)24-18/h3,6-11,15H,1-2,4-5H2,(H4,21,22,23,24,25,26,27). The van der Waals surface area contributed by atoms with Crippen LogP contribution in [-0.4, -0.2) is 21.0 Å². The summed E-state index contributed by atoms with van der Waals surface area (Å²) >= 11 is 6.14. The lowest BCUT2D eigenvalue weighted by Gasteiger charge is -2.25. The minimum atomic E-state index is -0.416. The summed E-state index contributed by atoms with van der Waals surface area (Å²) in [5, 5.41) is 6.75. The number of urea groups is 1. The molecule has 1 aliphatic rings. The van der Waals surface area contributed by atoms with Crippen LogP contribution >= 0.6 is 11.6 Å². The number of aromatic nitrogens is 3. The van der Waals surface area contributed by atoms with Crippen LogP contribution in [0, 0.1) is 5.92 Å². The van der Waals surface area contributed by atoms with Gasteiger partial charge in [-0.2, -0.15) is 4.98 Å². The second-order valence-corrected chi connectivity index (χ2v) is 7.27. The van der Waals surface area contributed by atoms with E-state index in [-0.39, 0.29) is 17.5 Å². The summed E-state index contributed by atoms with van der Waals surface area (Å²) in [5.41, 5.74) is 1.10. The molecular weight excluding hydrogens is 366 g/mol. The number of H-pyrrole nitrogens is 2. The van der Waals surface area contributed by atoms with E-state index in [0.717, 1.165) is 31.2 Å². The van der Waals surface area contributed by atoms with E-state index in [2.05, 4.69) is 25.6 Å². The van der Waals surface area contributed by atoms with Gasteiger partial charge in [-0.05, 0) is 42.5 Å². The quantitative estimate of drug-likeness (QED) is 0.546. The summed E-state index contributed by atoms with van der Waals surface area (Å²) in [6.45, 7) is 0. The fourth-order valence-electron chi connectivity index (χ4n) is 3.76. The van der Waals surface area contributed by atoms with E-state index in [1.54, 1.807) is 12.3 Å². The number of rotatable bonds is 4. The number of halogens is 1. The molecule has 7 nitrogen and oxygen atoms in total. The fraction of sp³-hybridized carbons (Fsp3) is 0.316. The van der Waals surface area contributed by atoms with Gasteiger partial charge in [0, 0.05) is 11.2 Å². The van der Waals surface area contributed by atoms with Crippen molar-refractivity contribution in [2.24, 2.45) is 5.92 Å². The Morgan fingerprint density at radius 3 is 2.85 bits per heavy atom. The van der Waals surface area contributed by atoms with Gasteiger partial charge in [-0.1, -0.05) is 36.6 Å². The van der Waals surface area contributed by atoms with Crippen molar-refractivity contribution >= 4 is 34.6 Å². The van der Waals surface area contributed by atoms with Crippen LogP contribution in [0.2, 0.25) is 5.02 Å². The molecule has 0 radical (unpaired) electrons. The number of carbonyl (C=O) groups excluding carboxylic acids is 1. The Kier molecular flexibility index (Phi) is 4.85. The molecule has 1 fully saturated rings. The predicted molar refractivity (Wildman–Crippen MR) is 105 cm³/mol. The van der Waals surface area contributed by atoms with Crippen LogP contribution in [0.5, 0.6) is 0 Å². The third kappa shape index (κ3) is 3.83. The number of fused-ring (bicyclic) bond motifs is 1. The number of hydrogen-bond acceptors (Lipinski definition) is 3. The van der Waals surface area contributed by atoms with Gasteiger partial charge in [0.05, 0.1) is 11.4 Å². The first-order valence-electron chi connectivity index (χ1n) is 9.00. The van der Waals surface area contributed by atoms with Gasteiger partial charge in [-0.3, -0.25) is 15.1 Å². The van der Waals surface area contributed by atoms with Crippen molar-refractivity contribution < 1.29 is 4.79 Å². The van der Waals surface area contributed by atoms with Gasteiger partial charge < -0.3 is 10.3 Å². The van der Waals surface area contributed by atoms with E-state index in [9.17, 15) is 9.59 Å². The van der Waals surface area contributed by atoms with Crippen LogP contribution in [0.1, 0.15) is 37.3 Å². The molecule has 2 heterocycles. The van der Waals surface area contributed by atoms with Gasteiger partial charge in [0.15, 0.2) is 0 Å². The first-order chi connectivity index (χ1) is 13.1. The van der Waals surface area contributed by atoms with Gasteiger partial charge in [0.25, 0.3) is 5.56 Å². The normalized spacial score (nSPS) is 15.7. The molecule has 0 bridgehead atoms. The van der Waals surface area contributed by atoms with Crippen LogP contribution in [0.25, 0.3) is 11.0 Å². The van der Waals surface area contributed by atoms with E-state index in [1.807, 2.05) is 24.3 Å². The maximum Gasteiger partial charge on any atom is 0.322 e. The van der Waals surface area contributed by atoms with Crippen molar-refractivity contribution in [3.05, 3.63) is 57.5 Å². The number of nitrogens with one attached hydrogen (secondary N) is 4. The summed E-state index contributed by atoms with van der Waals surface area (Å²) in [5.74, 6) is 0.454. The van der Waals surface area contributed by atoms with Crippen molar-refractivity contribution in [2.45, 2.75) is 31.7 Å². The minimum absolute atomic E-state index is 0.101. The van der Waals surface area contributed by atoms with Crippen molar-refractivity contribution in [2.75, 3.05) is 5.32 Å². The molecule has 1 atom stereocenters. The zero-order valence-corrected chi connectivity index (χ0v) is 15.3. The molecule has 1 saturated carbocycles. The van der Waals surface area contributed by atoms with Gasteiger partial charge in [-0.15, -0.1) is 0 Å². The van der Waals surface area contributed by atoms with Crippen LogP contribution < -0.4 is 16.2 Å². The van der Waals surface area contributed by atoms with Crippen molar-refractivity contribution in [3.63, 3.8) is 0 Å². The Hall–Kier alpha value is -2.80. The monoisotopic (exact) mass is 385 g/mol. The van der Waals surface area contributed by atoms with Gasteiger partial charge in [0.2, 0.25) is 5.95 Å². The van der Waals surface area contributed by atoms with E-state index in [1.165, 1.54) is 0 Å². The Morgan fingerprint density at radius 2 is 2.07 bits per heavy atom. The van der Waals surface area contributed by atoms with E-state index in [0.29, 0.717) is 22.0 Å². The molecule has 3 aromatic rings. The highest BCUT2D eigenvalue weighted by molar-refractivity contribution is 6.30. The van der Waals surface area contributed by atoms with E-state index >= 15 is 0 Å². The summed E-state index contributed by atoms with van der Waals surface area (Å²) in [7, 11) is 0. The number of anilines is 1. The fourth-order valence-corrected chi connectivity index (χ4v) is 3.96. The summed E-state index contributed by atoms with van der Waals surface area (Å²) in [4.78, 5) is 34.3. The lowest BCUT2D eigenvalue weighted by Crippen LogP contribution is -2.36. The first kappa shape index (κ1) is 17.6. The number of hydrogen-bond donors (Lipinski definition) is 4. The minimum Gasteiger partial charge on any atom is -0.346 e. The molecule has 4 N–H and O–H groups in total. The van der Waals surface area contributed by atoms with Gasteiger partial charge in [0.1, 0.15) is 5.65 Å². The summed E-state index contributed by atoms with van der Waals surface area (Å²) < 4.78 is 0. The molecule has 140 valence electrons. The molecule has 27 heavy (non-hydrogen) atoms. The Morgan fingerprint density at radius 1 is 1.26 bits per heavy atom. The number of nitrogens with zero attached hydrogens (tertiary/aromatic N) is 1. The Labute approximate surface area is 160 Å². The maximum absolute atomic E-state index is 12.6. The Balaban J connectivity index is 1.54. The molecule has 2 aromatic heterocycles. The number of aromatic amines is 2. The molecule has 4 rings (SSSR count). The highest BCUT2D eigenvalue weighted by Gasteiger charge is 2.28. The van der Waals surface area contributed by atoms with Crippen molar-refractivity contribution in [1.29, 1.82) is 0 Å². The zero-order valence-electron chi connectivity index (χ0n) is 14.6. The highest BCUT2D eigenvalue weighted by Crippen LogP contribution is 2.36. The maximum atomic E-state index is 12.6. The lowest BCUT2D eigenvalue weighted by atomic mass is 9.92. The lowest BCUT2D eigenvalue weighted by molar-refractivity contribution is 0.242. The molecule has 0 spiro atoms. The van der Waals surface area contributed by atoms with Crippen molar-refractivity contribution in [3.8, 4) is 0 Å². The predicted octanol–water partition coefficient (Wildman–Crippen LogP) is 3.96. The Bertz CT molecular complexity index is 1020. The number of benzene rings is 1. The zero-order chi connectivity index (χ0) is 18.8. The smallest absolute Gasteiger partial charge is 0.322 e. The summed E-state index contributed by atoms with van der Waals surface area (Å²) in [6.07, 6.45) is 6.06. The highest BCUT2D eigenvalue weighted by atomic mass is 35.5. The van der Waals surface area contributed by atoms with Crippen LogP contribution in [0.4, 0.5) is 10.7 Å². The number of carbonyl (C=O) groups is 1. The summed E-state index contributed by atoms with van der Waals surface area (Å²) in [6, 6.07) is 8.64. The molecule has 1 aliphatic carbocycles. The topological polar surface area (TPSA) is 103 Å². The molecule has 2 amide bonds. The average molecular weight is 386 g/mol. The largest absolute Gasteiger partial charge is 0.346 e. The third-order valence-electron chi connectivity index (χ3n) is 5.02. The van der Waals surface area contributed by atoms with Crippen LogP contribution in [0.3, 0.4) is 0 Å². The molecular formula is C19H20ClN5O2. The molecule has 1 aromatic carbocycles. The first-order valence-corrected chi connectivity index (χ1v) is 9.38. The van der Waals surface area contributed by atoms with E-state index in [4.69, 9.17) is 11.6 Å². The molecule has 1 unspecified atom stereocenters. The molecule has 0 saturated heterocycles. The van der Waals surface area contributed by atoms with Gasteiger partial charge in [-0.25, -0.2) is 4.79 Å². The number of amides is 2. The average Bonchev–Trinajstić information content (AvgIpc) is 3.31. The van der Waals surface area contributed by atoms with Crippen LogP contribution in [0.15, 0.2) is 41.3 Å². The third-order valence-corrected chi connectivity index (χ3v) is 5.26. The van der Waals surface area contributed by atoms with Crippen molar-refractivity contribution in [1.82, 2.24) is 20.3 Å². The second-order valence-electron chi connectivity index (χ2n) is 6.83.